The molecular formula is C15H20N2S. The number of fused-ring (bicyclic) bond motifs is 1. The van der Waals surface area contributed by atoms with Gasteiger partial charge < -0.3 is 9.47 Å². The Hall–Kier alpha value is -0.930. The first-order valence-electron chi connectivity index (χ1n) is 6.72. The van der Waals surface area contributed by atoms with Crippen molar-refractivity contribution < 1.29 is 0 Å². The van der Waals surface area contributed by atoms with Crippen LogP contribution in [0.4, 0.5) is 0 Å². The van der Waals surface area contributed by atoms with Gasteiger partial charge in [0, 0.05) is 29.2 Å². The Morgan fingerprint density at radius 3 is 3.00 bits per heavy atom. The highest BCUT2D eigenvalue weighted by molar-refractivity contribution is 7.80. The van der Waals surface area contributed by atoms with Crippen LogP contribution in [0.15, 0.2) is 35.4 Å². The maximum atomic E-state index is 4.44. The van der Waals surface area contributed by atoms with Crippen LogP contribution in [0.1, 0.15) is 19.3 Å². The zero-order chi connectivity index (χ0) is 12.5. The van der Waals surface area contributed by atoms with Crippen LogP contribution in [0.2, 0.25) is 0 Å². The lowest BCUT2D eigenvalue weighted by Gasteiger charge is -2.32. The van der Waals surface area contributed by atoms with Crippen LogP contribution in [0.3, 0.4) is 0 Å². The van der Waals surface area contributed by atoms with Gasteiger partial charge in [0.15, 0.2) is 0 Å². The summed E-state index contributed by atoms with van der Waals surface area (Å²) < 4.78 is 2.38. The number of likely N-dealkylation sites (tertiary alicyclic amines) is 1. The van der Waals surface area contributed by atoms with Gasteiger partial charge in [0.2, 0.25) is 0 Å². The summed E-state index contributed by atoms with van der Waals surface area (Å²) in [4.78, 5) is 3.54. The minimum atomic E-state index is 0.679. The van der Waals surface area contributed by atoms with Gasteiger partial charge in [0.25, 0.3) is 0 Å². The molecule has 3 rings (SSSR count). The second-order valence-corrected chi connectivity index (χ2v) is 5.86. The Balaban J connectivity index is 1.87. The zero-order valence-corrected chi connectivity index (χ0v) is 11.7. The van der Waals surface area contributed by atoms with Crippen LogP contribution in [0.5, 0.6) is 0 Å². The number of hydrogen-bond acceptors (Lipinski definition) is 2. The van der Waals surface area contributed by atoms with Crippen LogP contribution in [-0.2, 0) is 6.54 Å². The second-order valence-electron chi connectivity index (χ2n) is 5.34. The molecule has 1 aromatic carbocycles. The Kier molecular flexibility index (Phi) is 3.35. The van der Waals surface area contributed by atoms with Crippen molar-refractivity contribution in [3.05, 3.63) is 30.5 Å². The third kappa shape index (κ3) is 2.29. The van der Waals surface area contributed by atoms with E-state index >= 15 is 0 Å². The summed E-state index contributed by atoms with van der Waals surface area (Å²) in [5.74, 6) is 0. The van der Waals surface area contributed by atoms with Crippen molar-refractivity contribution in [1.82, 2.24) is 9.47 Å². The van der Waals surface area contributed by atoms with Gasteiger partial charge in [-0.15, -0.1) is 12.6 Å². The molecule has 3 heteroatoms. The topological polar surface area (TPSA) is 8.17 Å². The number of benzene rings is 1. The van der Waals surface area contributed by atoms with Gasteiger partial charge in [-0.2, -0.15) is 0 Å². The first-order chi connectivity index (χ1) is 8.74. The lowest BCUT2D eigenvalue weighted by molar-refractivity contribution is 0.169. The average Bonchev–Trinajstić information content (AvgIpc) is 2.75. The van der Waals surface area contributed by atoms with Crippen molar-refractivity contribution in [2.45, 2.75) is 36.7 Å². The molecule has 0 radical (unpaired) electrons. The van der Waals surface area contributed by atoms with Crippen LogP contribution in [0.25, 0.3) is 10.9 Å². The van der Waals surface area contributed by atoms with E-state index in [1.54, 1.807) is 0 Å². The molecule has 1 unspecified atom stereocenters. The molecule has 96 valence electrons. The highest BCUT2D eigenvalue weighted by Crippen LogP contribution is 2.22. The SMILES string of the molecule is CN1CCCCC1Cn1ccc2ccc(S)cc21. The number of nitrogens with zero attached hydrogens (tertiary/aromatic N) is 2. The lowest BCUT2D eigenvalue weighted by atomic mass is 10.0. The largest absolute Gasteiger partial charge is 0.346 e. The van der Waals surface area contributed by atoms with E-state index in [0.29, 0.717) is 6.04 Å². The first-order valence-corrected chi connectivity index (χ1v) is 7.17. The van der Waals surface area contributed by atoms with Gasteiger partial charge in [-0.05, 0) is 50.0 Å². The molecule has 0 amide bonds. The summed E-state index contributed by atoms with van der Waals surface area (Å²) in [6.45, 7) is 2.33. The summed E-state index contributed by atoms with van der Waals surface area (Å²) in [5.41, 5.74) is 1.31. The predicted molar refractivity (Wildman–Crippen MR) is 79.5 cm³/mol. The molecule has 2 heterocycles. The molecule has 0 bridgehead atoms. The Labute approximate surface area is 114 Å². The highest BCUT2D eigenvalue weighted by Gasteiger charge is 2.19. The van der Waals surface area contributed by atoms with E-state index in [0.717, 1.165) is 11.4 Å². The molecule has 1 aliphatic rings. The number of rotatable bonds is 2. The predicted octanol–water partition coefficient (Wildman–Crippen LogP) is 3.41. The van der Waals surface area contributed by atoms with Crippen LogP contribution < -0.4 is 0 Å². The normalized spacial score (nSPS) is 21.6. The molecule has 0 aliphatic carbocycles. The van der Waals surface area contributed by atoms with Gasteiger partial charge in [0.1, 0.15) is 0 Å². The number of likely N-dealkylation sites (N-methyl/N-ethyl adjacent to an activating group) is 1. The fourth-order valence-electron chi connectivity index (χ4n) is 2.93. The smallest absolute Gasteiger partial charge is 0.0491 e. The Morgan fingerprint density at radius 2 is 2.17 bits per heavy atom. The van der Waals surface area contributed by atoms with E-state index in [-0.39, 0.29) is 0 Å². The third-order valence-electron chi connectivity index (χ3n) is 4.09. The molecular weight excluding hydrogens is 240 g/mol. The van der Waals surface area contributed by atoms with Crippen molar-refractivity contribution in [2.24, 2.45) is 0 Å². The van der Waals surface area contributed by atoms with Crippen LogP contribution in [-0.4, -0.2) is 29.1 Å². The summed E-state index contributed by atoms with van der Waals surface area (Å²) in [5, 5.41) is 1.31. The van der Waals surface area contributed by atoms with E-state index in [1.165, 1.54) is 36.7 Å². The zero-order valence-electron chi connectivity index (χ0n) is 10.8. The molecule has 1 fully saturated rings. The minimum Gasteiger partial charge on any atom is -0.346 e. The fourth-order valence-corrected chi connectivity index (χ4v) is 3.13. The molecule has 1 atom stereocenters. The molecule has 2 aromatic rings. The van der Waals surface area contributed by atoms with Gasteiger partial charge in [-0.25, -0.2) is 0 Å². The fraction of sp³-hybridized carbons (Fsp3) is 0.467. The molecule has 0 N–H and O–H groups in total. The van der Waals surface area contributed by atoms with Gasteiger partial charge in [-0.3, -0.25) is 0 Å². The van der Waals surface area contributed by atoms with Crippen LogP contribution >= 0.6 is 12.6 Å². The summed E-state index contributed by atoms with van der Waals surface area (Å²) in [6.07, 6.45) is 6.24. The maximum Gasteiger partial charge on any atom is 0.0491 e. The van der Waals surface area contributed by atoms with Crippen molar-refractivity contribution in [3.8, 4) is 0 Å². The standard InChI is InChI=1S/C15H20N2S/c1-16-8-3-2-4-13(16)11-17-9-7-12-5-6-14(18)10-15(12)17/h5-7,9-10,13,18H,2-4,8,11H2,1H3. The maximum absolute atomic E-state index is 4.44. The number of thiol groups is 1. The number of hydrogen-bond donors (Lipinski definition) is 1. The van der Waals surface area contributed by atoms with E-state index < -0.39 is 0 Å². The summed E-state index contributed by atoms with van der Waals surface area (Å²) in [7, 11) is 2.25. The molecule has 18 heavy (non-hydrogen) atoms. The van der Waals surface area contributed by atoms with Crippen molar-refractivity contribution >= 4 is 23.5 Å². The van der Waals surface area contributed by atoms with Crippen molar-refractivity contribution in [2.75, 3.05) is 13.6 Å². The quantitative estimate of drug-likeness (QED) is 0.813. The Bertz CT molecular complexity index is 546. The van der Waals surface area contributed by atoms with E-state index in [9.17, 15) is 0 Å². The van der Waals surface area contributed by atoms with E-state index in [2.05, 4.69) is 59.6 Å². The van der Waals surface area contributed by atoms with Crippen molar-refractivity contribution in [3.63, 3.8) is 0 Å². The average molecular weight is 260 g/mol. The molecule has 2 nitrogen and oxygen atoms in total. The van der Waals surface area contributed by atoms with E-state index in [4.69, 9.17) is 0 Å². The third-order valence-corrected chi connectivity index (χ3v) is 4.36. The monoisotopic (exact) mass is 260 g/mol. The number of piperidine rings is 1. The highest BCUT2D eigenvalue weighted by atomic mass is 32.1. The molecule has 0 saturated carbocycles. The summed E-state index contributed by atoms with van der Waals surface area (Å²) >= 11 is 4.44. The molecule has 1 saturated heterocycles. The lowest BCUT2D eigenvalue weighted by Crippen LogP contribution is -2.38. The van der Waals surface area contributed by atoms with Gasteiger partial charge >= 0.3 is 0 Å². The van der Waals surface area contributed by atoms with Gasteiger partial charge in [0.05, 0.1) is 0 Å². The molecule has 0 spiro atoms. The minimum absolute atomic E-state index is 0.679. The van der Waals surface area contributed by atoms with E-state index in [1.807, 2.05) is 0 Å². The number of aromatic nitrogens is 1. The van der Waals surface area contributed by atoms with Gasteiger partial charge in [-0.1, -0.05) is 12.5 Å². The molecule has 1 aromatic heterocycles. The van der Waals surface area contributed by atoms with Crippen molar-refractivity contribution in [1.29, 1.82) is 0 Å². The molecule has 1 aliphatic heterocycles. The summed E-state index contributed by atoms with van der Waals surface area (Å²) in [6, 6.07) is 9.26. The second kappa shape index (κ2) is 4.98. The van der Waals surface area contributed by atoms with Crippen LogP contribution in [0, 0.1) is 0 Å². The first kappa shape index (κ1) is 12.1. The Morgan fingerprint density at radius 1 is 1.28 bits per heavy atom.